The zero-order valence-corrected chi connectivity index (χ0v) is 15.9. The molecule has 0 unspecified atom stereocenters. The van der Waals surface area contributed by atoms with Gasteiger partial charge in [0.15, 0.2) is 0 Å². The van der Waals surface area contributed by atoms with Gasteiger partial charge in [0.05, 0.1) is 17.4 Å². The Hall–Kier alpha value is -3.02. The number of nitrogens with one attached hydrogen (secondary N) is 2. The van der Waals surface area contributed by atoms with Crippen molar-refractivity contribution in [1.82, 2.24) is 5.32 Å². The first kappa shape index (κ1) is 18.8. The number of halogens is 1. The van der Waals surface area contributed by atoms with Crippen LogP contribution >= 0.6 is 0 Å². The third-order valence-corrected chi connectivity index (χ3v) is 4.08. The topological polar surface area (TPSA) is 63.5 Å². The molecule has 5 nitrogen and oxygen atoms in total. The molecule has 0 saturated heterocycles. The molecule has 0 bridgehead atoms. The van der Waals surface area contributed by atoms with Crippen LogP contribution in [0, 0.1) is 5.82 Å². The van der Waals surface area contributed by atoms with Gasteiger partial charge in [0.25, 0.3) is 5.91 Å². The Kier molecular flexibility index (Phi) is 5.35. The van der Waals surface area contributed by atoms with Crippen LogP contribution in [0.3, 0.4) is 0 Å². The van der Waals surface area contributed by atoms with Crippen molar-refractivity contribution >= 4 is 22.6 Å². The number of anilines is 1. The van der Waals surface area contributed by atoms with Crippen LogP contribution in [0.25, 0.3) is 22.3 Å². The molecule has 0 fully saturated rings. The lowest BCUT2D eigenvalue weighted by Gasteiger charge is -2.15. The average molecular weight is 370 g/mol. The van der Waals surface area contributed by atoms with Crippen molar-refractivity contribution in [3.05, 3.63) is 47.8 Å². The first-order valence-corrected chi connectivity index (χ1v) is 8.93. The van der Waals surface area contributed by atoms with E-state index < -0.39 is 0 Å². The van der Waals surface area contributed by atoms with Gasteiger partial charge >= 0.3 is 0 Å². The Bertz CT molecular complexity index is 962. The predicted octanol–water partition coefficient (Wildman–Crippen LogP) is 4.82. The van der Waals surface area contributed by atoms with Gasteiger partial charge in [0.2, 0.25) is 0 Å². The molecule has 3 aromatic rings. The Balaban J connectivity index is 2.26. The summed E-state index contributed by atoms with van der Waals surface area (Å²) in [5.74, 6) is 0.419. The zero-order valence-electron chi connectivity index (χ0n) is 15.9. The van der Waals surface area contributed by atoms with Crippen LogP contribution in [0.1, 0.15) is 31.1 Å². The van der Waals surface area contributed by atoms with Gasteiger partial charge in [-0.2, -0.15) is 0 Å². The summed E-state index contributed by atoms with van der Waals surface area (Å²) < 4.78 is 25.2. The predicted molar refractivity (Wildman–Crippen MR) is 105 cm³/mol. The van der Waals surface area contributed by atoms with Gasteiger partial charge in [-0.05, 0) is 51.1 Å². The highest BCUT2D eigenvalue weighted by Crippen LogP contribution is 2.39. The summed E-state index contributed by atoms with van der Waals surface area (Å²) in [4.78, 5) is 12.6. The van der Waals surface area contributed by atoms with E-state index in [-0.39, 0.29) is 17.8 Å². The fraction of sp³-hybridized carbons (Fsp3) is 0.286. The molecular weight excluding hydrogens is 347 g/mol. The Morgan fingerprint density at radius 1 is 1.22 bits per heavy atom. The minimum Gasteiger partial charge on any atom is -0.489 e. The second-order valence-corrected chi connectivity index (χ2v) is 6.43. The third kappa shape index (κ3) is 3.74. The Labute approximate surface area is 157 Å². The highest BCUT2D eigenvalue weighted by atomic mass is 19.1. The summed E-state index contributed by atoms with van der Waals surface area (Å²) in [5.41, 5.74) is 2.37. The summed E-state index contributed by atoms with van der Waals surface area (Å²) in [5, 5.41) is 6.55. The molecule has 0 saturated carbocycles. The summed E-state index contributed by atoms with van der Waals surface area (Å²) in [7, 11) is 1.56. The number of hydrogen-bond donors (Lipinski definition) is 2. The number of benzene rings is 2. The molecule has 0 aliphatic carbocycles. The zero-order chi connectivity index (χ0) is 19.6. The number of furan rings is 1. The smallest absolute Gasteiger partial charge is 0.255 e. The molecule has 0 aliphatic heterocycles. The normalized spacial score (nSPS) is 11.0. The van der Waals surface area contributed by atoms with Gasteiger partial charge in [-0.25, -0.2) is 4.39 Å². The molecule has 6 heteroatoms. The summed E-state index contributed by atoms with van der Waals surface area (Å²) in [6.45, 7) is 6.59. The van der Waals surface area contributed by atoms with E-state index in [4.69, 9.17) is 9.15 Å². The molecule has 1 aromatic heterocycles. The average Bonchev–Trinajstić information content (AvgIpc) is 3.00. The molecule has 1 amide bonds. The maximum atomic E-state index is 13.3. The first-order valence-electron chi connectivity index (χ1n) is 8.93. The molecule has 0 radical (unpaired) electrons. The lowest BCUT2D eigenvalue weighted by atomic mass is 10.0. The van der Waals surface area contributed by atoms with Crippen LogP contribution in [0.15, 0.2) is 40.8 Å². The Morgan fingerprint density at radius 2 is 1.93 bits per heavy atom. The maximum Gasteiger partial charge on any atom is 0.255 e. The van der Waals surface area contributed by atoms with Gasteiger partial charge in [0, 0.05) is 30.6 Å². The largest absolute Gasteiger partial charge is 0.489 e. The summed E-state index contributed by atoms with van der Waals surface area (Å²) in [6.07, 6.45) is -0.0215. The third-order valence-electron chi connectivity index (χ3n) is 4.08. The van der Waals surface area contributed by atoms with Crippen molar-refractivity contribution in [2.45, 2.75) is 26.9 Å². The molecule has 142 valence electrons. The monoisotopic (exact) mass is 370 g/mol. The lowest BCUT2D eigenvalue weighted by Crippen LogP contribution is -2.18. The quantitative estimate of drug-likeness (QED) is 0.653. The molecule has 0 spiro atoms. The molecular formula is C21H23FN2O3. The molecule has 27 heavy (non-hydrogen) atoms. The second kappa shape index (κ2) is 7.70. The molecule has 2 N–H and O–H groups in total. The van der Waals surface area contributed by atoms with E-state index in [0.29, 0.717) is 40.2 Å². The number of carbonyl (C=O) groups excluding carboxylic acids is 1. The van der Waals surface area contributed by atoms with E-state index in [0.717, 1.165) is 5.69 Å². The molecule has 3 rings (SSSR count). The van der Waals surface area contributed by atoms with Crippen LogP contribution in [-0.2, 0) is 0 Å². The van der Waals surface area contributed by atoms with Gasteiger partial charge in [0.1, 0.15) is 22.9 Å². The SMILES string of the molecule is CCNc1cc2oc(-c3ccc(F)cc3)c(C(=O)NC)c2cc1OC(C)C. The van der Waals surface area contributed by atoms with Crippen molar-refractivity contribution < 1.29 is 18.3 Å². The summed E-state index contributed by atoms with van der Waals surface area (Å²) >= 11 is 0. The highest BCUT2D eigenvalue weighted by molar-refractivity contribution is 6.12. The molecule has 0 atom stereocenters. The minimum atomic E-state index is -0.349. The maximum absolute atomic E-state index is 13.3. The fourth-order valence-corrected chi connectivity index (χ4v) is 2.96. The number of rotatable bonds is 6. The van der Waals surface area contributed by atoms with Crippen LogP contribution in [0.4, 0.5) is 10.1 Å². The van der Waals surface area contributed by atoms with Crippen LogP contribution < -0.4 is 15.4 Å². The van der Waals surface area contributed by atoms with E-state index in [1.807, 2.05) is 32.9 Å². The van der Waals surface area contributed by atoms with Gasteiger partial charge < -0.3 is 19.8 Å². The minimum absolute atomic E-state index is 0.0215. The second-order valence-electron chi connectivity index (χ2n) is 6.43. The number of fused-ring (bicyclic) bond motifs is 1. The fourth-order valence-electron chi connectivity index (χ4n) is 2.96. The van der Waals surface area contributed by atoms with Gasteiger partial charge in [-0.3, -0.25) is 4.79 Å². The van der Waals surface area contributed by atoms with E-state index in [9.17, 15) is 9.18 Å². The van der Waals surface area contributed by atoms with Crippen molar-refractivity contribution in [2.24, 2.45) is 0 Å². The molecule has 0 aliphatic rings. The molecule has 2 aromatic carbocycles. The number of ether oxygens (including phenoxy) is 1. The standard InChI is InChI=1S/C21H23FN2O3/c1-5-24-16-11-17-15(10-18(16)26-12(2)3)19(21(25)23-4)20(27-17)13-6-8-14(22)9-7-13/h6-12,24H,5H2,1-4H3,(H,23,25). The number of amides is 1. The lowest BCUT2D eigenvalue weighted by molar-refractivity contribution is 0.0964. The van der Waals surface area contributed by atoms with E-state index in [2.05, 4.69) is 10.6 Å². The van der Waals surface area contributed by atoms with Crippen LogP contribution in [0.5, 0.6) is 5.75 Å². The van der Waals surface area contributed by atoms with Crippen LogP contribution in [-0.4, -0.2) is 25.6 Å². The Morgan fingerprint density at radius 3 is 2.52 bits per heavy atom. The van der Waals surface area contributed by atoms with Crippen molar-refractivity contribution in [3.63, 3.8) is 0 Å². The molecule has 1 heterocycles. The van der Waals surface area contributed by atoms with E-state index in [1.165, 1.54) is 12.1 Å². The van der Waals surface area contributed by atoms with Gasteiger partial charge in [-0.1, -0.05) is 0 Å². The number of carbonyl (C=O) groups is 1. The van der Waals surface area contributed by atoms with Crippen molar-refractivity contribution in [3.8, 4) is 17.1 Å². The van der Waals surface area contributed by atoms with E-state index >= 15 is 0 Å². The summed E-state index contributed by atoms with van der Waals surface area (Å²) in [6, 6.07) is 9.51. The van der Waals surface area contributed by atoms with Crippen molar-refractivity contribution in [2.75, 3.05) is 18.9 Å². The van der Waals surface area contributed by atoms with Gasteiger partial charge in [-0.15, -0.1) is 0 Å². The van der Waals surface area contributed by atoms with E-state index in [1.54, 1.807) is 19.2 Å². The van der Waals surface area contributed by atoms with Crippen molar-refractivity contribution in [1.29, 1.82) is 0 Å². The van der Waals surface area contributed by atoms with Crippen LogP contribution in [0.2, 0.25) is 0 Å². The highest BCUT2D eigenvalue weighted by Gasteiger charge is 2.23. The first-order chi connectivity index (χ1) is 12.9. The number of hydrogen-bond acceptors (Lipinski definition) is 4.